The van der Waals surface area contributed by atoms with Gasteiger partial charge in [-0.05, 0) is 48.4 Å². The molecule has 0 saturated heterocycles. The van der Waals surface area contributed by atoms with Crippen LogP contribution in [0.5, 0.6) is 5.75 Å². The van der Waals surface area contributed by atoms with Gasteiger partial charge in [0.1, 0.15) is 11.8 Å². The Morgan fingerprint density at radius 1 is 1.04 bits per heavy atom. The van der Waals surface area contributed by atoms with Crippen molar-refractivity contribution in [3.05, 3.63) is 53.6 Å². The van der Waals surface area contributed by atoms with Crippen molar-refractivity contribution in [1.29, 1.82) is 0 Å². The van der Waals surface area contributed by atoms with Crippen LogP contribution in [0.3, 0.4) is 0 Å². The predicted molar refractivity (Wildman–Crippen MR) is 86.3 cm³/mol. The quantitative estimate of drug-likeness (QED) is 0.588. The molecule has 8 nitrogen and oxygen atoms in total. The number of carboxylic acid groups (broad SMARTS) is 2. The van der Waals surface area contributed by atoms with Crippen LogP contribution in [0, 0.1) is 0 Å². The summed E-state index contributed by atoms with van der Waals surface area (Å²) in [5.74, 6) is -2.80. The molecule has 0 unspecified atom stereocenters. The van der Waals surface area contributed by atoms with E-state index >= 15 is 0 Å². The van der Waals surface area contributed by atoms with E-state index in [1.807, 2.05) is 0 Å². The molecule has 2 rings (SSSR count). The average Bonchev–Trinajstić information content (AvgIpc) is 2.56. The van der Waals surface area contributed by atoms with Gasteiger partial charge in [-0.15, -0.1) is 0 Å². The Balaban J connectivity index is 2.52. The Morgan fingerprint density at radius 2 is 1.64 bits per heavy atom. The lowest BCUT2D eigenvalue weighted by Gasteiger charge is -2.13. The number of carbonyl (C=O) groups is 2. The van der Waals surface area contributed by atoms with Gasteiger partial charge in [-0.2, -0.15) is 0 Å². The van der Waals surface area contributed by atoms with Crippen LogP contribution < -0.4 is 5.73 Å². The highest BCUT2D eigenvalue weighted by Gasteiger charge is 2.24. The molecule has 9 heteroatoms. The topological polar surface area (TPSA) is 155 Å². The lowest BCUT2D eigenvalue weighted by molar-refractivity contribution is -0.138. The molecule has 0 aliphatic rings. The molecule has 0 heterocycles. The van der Waals surface area contributed by atoms with Crippen LogP contribution in [-0.2, 0) is 21.1 Å². The SMILES string of the molecule is N[C@@H](Cc1ccc(O)cc1S(=O)(=O)c1ccc(C(=O)O)cc1)C(=O)O. The third-order valence-electron chi connectivity index (χ3n) is 3.51. The summed E-state index contributed by atoms with van der Waals surface area (Å²) in [6.07, 6.45) is -0.253. The molecule has 0 spiro atoms. The van der Waals surface area contributed by atoms with E-state index in [0.717, 1.165) is 30.3 Å². The Hall–Kier alpha value is -2.91. The first-order valence-corrected chi connectivity index (χ1v) is 8.50. The summed E-state index contributed by atoms with van der Waals surface area (Å²) in [4.78, 5) is 21.3. The van der Waals surface area contributed by atoms with Crippen LogP contribution in [0.1, 0.15) is 15.9 Å². The molecule has 2 aromatic rings. The van der Waals surface area contributed by atoms with Crippen molar-refractivity contribution in [3.8, 4) is 5.75 Å². The van der Waals surface area contributed by atoms with E-state index < -0.39 is 27.8 Å². The van der Waals surface area contributed by atoms with E-state index in [2.05, 4.69) is 0 Å². The van der Waals surface area contributed by atoms with E-state index in [0.29, 0.717) is 0 Å². The van der Waals surface area contributed by atoms with Crippen LogP contribution in [0.4, 0.5) is 0 Å². The van der Waals surface area contributed by atoms with E-state index in [4.69, 9.17) is 15.9 Å². The molecule has 0 amide bonds. The van der Waals surface area contributed by atoms with Crippen molar-refractivity contribution in [3.63, 3.8) is 0 Å². The first kappa shape index (κ1) is 18.4. The van der Waals surface area contributed by atoms with Gasteiger partial charge in [-0.1, -0.05) is 6.07 Å². The summed E-state index contributed by atoms with van der Waals surface area (Å²) in [7, 11) is -4.11. The molecule has 0 saturated carbocycles. The maximum atomic E-state index is 12.8. The molecular weight excluding hydrogens is 350 g/mol. The summed E-state index contributed by atoms with van der Waals surface area (Å²) < 4.78 is 25.6. The Morgan fingerprint density at radius 3 is 2.16 bits per heavy atom. The molecule has 0 aromatic heterocycles. The largest absolute Gasteiger partial charge is 0.508 e. The van der Waals surface area contributed by atoms with E-state index in [-0.39, 0.29) is 33.1 Å². The minimum atomic E-state index is -4.11. The van der Waals surface area contributed by atoms with Gasteiger partial charge < -0.3 is 21.1 Å². The molecule has 0 fully saturated rings. The van der Waals surface area contributed by atoms with Gasteiger partial charge in [-0.3, -0.25) is 4.79 Å². The number of phenolic OH excluding ortho intramolecular Hbond substituents is 1. The molecule has 1 atom stereocenters. The monoisotopic (exact) mass is 365 g/mol. The molecule has 2 aromatic carbocycles. The number of sulfone groups is 1. The van der Waals surface area contributed by atoms with Gasteiger partial charge >= 0.3 is 11.9 Å². The van der Waals surface area contributed by atoms with Crippen LogP contribution in [0.25, 0.3) is 0 Å². The summed E-state index contributed by atoms with van der Waals surface area (Å²) in [6.45, 7) is 0. The van der Waals surface area contributed by atoms with Crippen molar-refractivity contribution < 1.29 is 33.3 Å². The summed E-state index contributed by atoms with van der Waals surface area (Å²) in [5.41, 5.74) is 5.52. The van der Waals surface area contributed by atoms with E-state index in [9.17, 15) is 23.1 Å². The number of carboxylic acids is 2. The van der Waals surface area contributed by atoms with Crippen molar-refractivity contribution in [2.24, 2.45) is 5.73 Å². The number of benzene rings is 2. The molecular formula is C16H15NO7S. The van der Waals surface area contributed by atoms with Gasteiger partial charge in [0, 0.05) is 0 Å². The lowest BCUT2D eigenvalue weighted by Crippen LogP contribution is -2.32. The fourth-order valence-electron chi connectivity index (χ4n) is 2.19. The highest BCUT2D eigenvalue weighted by molar-refractivity contribution is 7.91. The van der Waals surface area contributed by atoms with Crippen LogP contribution in [-0.4, -0.2) is 41.7 Å². The molecule has 0 aliphatic carbocycles. The minimum Gasteiger partial charge on any atom is -0.508 e. The summed E-state index contributed by atoms with van der Waals surface area (Å²) >= 11 is 0. The van der Waals surface area contributed by atoms with Gasteiger partial charge in [0.15, 0.2) is 0 Å². The highest BCUT2D eigenvalue weighted by atomic mass is 32.2. The first-order chi connectivity index (χ1) is 11.6. The fraction of sp³-hybridized carbons (Fsp3) is 0.125. The second-order valence-electron chi connectivity index (χ2n) is 5.27. The molecule has 0 radical (unpaired) electrons. The van der Waals surface area contributed by atoms with Crippen molar-refractivity contribution >= 4 is 21.8 Å². The van der Waals surface area contributed by atoms with Gasteiger partial charge in [-0.25, -0.2) is 13.2 Å². The Labute approximate surface area is 143 Å². The molecule has 25 heavy (non-hydrogen) atoms. The van der Waals surface area contributed by atoms with Gasteiger partial charge in [0.2, 0.25) is 9.84 Å². The second kappa shape index (κ2) is 6.91. The number of aromatic hydroxyl groups is 1. The van der Waals surface area contributed by atoms with Crippen LogP contribution >= 0.6 is 0 Å². The van der Waals surface area contributed by atoms with Crippen molar-refractivity contribution in [2.45, 2.75) is 22.3 Å². The van der Waals surface area contributed by atoms with Crippen LogP contribution in [0.15, 0.2) is 52.3 Å². The van der Waals surface area contributed by atoms with Crippen LogP contribution in [0.2, 0.25) is 0 Å². The zero-order valence-corrected chi connectivity index (χ0v) is 13.6. The third kappa shape index (κ3) is 3.95. The number of aliphatic carboxylic acids is 1. The van der Waals surface area contributed by atoms with Crippen molar-refractivity contribution in [1.82, 2.24) is 0 Å². The number of aromatic carboxylic acids is 1. The molecule has 5 N–H and O–H groups in total. The minimum absolute atomic E-state index is 0.0806. The number of phenols is 1. The zero-order chi connectivity index (χ0) is 18.8. The highest BCUT2D eigenvalue weighted by Crippen LogP contribution is 2.28. The zero-order valence-electron chi connectivity index (χ0n) is 12.8. The normalized spacial score (nSPS) is 12.5. The predicted octanol–water partition coefficient (Wildman–Crippen LogP) is 0.878. The number of nitrogens with two attached hydrogens (primary N) is 1. The summed E-state index contributed by atoms with van der Waals surface area (Å²) in [5, 5.41) is 27.4. The fourth-order valence-corrected chi connectivity index (χ4v) is 3.71. The first-order valence-electron chi connectivity index (χ1n) is 7.01. The maximum absolute atomic E-state index is 12.8. The number of hydrogen-bond donors (Lipinski definition) is 4. The van der Waals surface area contributed by atoms with E-state index in [1.54, 1.807) is 0 Å². The maximum Gasteiger partial charge on any atom is 0.335 e. The van der Waals surface area contributed by atoms with Gasteiger partial charge in [0.25, 0.3) is 0 Å². The molecule has 0 aliphatic heterocycles. The Bertz CT molecular complexity index is 920. The standard InChI is InChI=1S/C16H15NO7S/c17-13(16(21)22)7-10-1-4-11(18)8-14(10)25(23,24)12-5-2-9(3-6-12)15(19)20/h1-6,8,13,18H,7,17H2,(H,19,20)(H,21,22)/t13-/m0/s1. The summed E-state index contributed by atoms with van der Waals surface area (Å²) in [6, 6.07) is 6.75. The Kier molecular flexibility index (Phi) is 5.10. The molecule has 0 bridgehead atoms. The number of hydrogen-bond acceptors (Lipinski definition) is 6. The second-order valence-corrected chi connectivity index (χ2v) is 7.19. The number of rotatable bonds is 6. The van der Waals surface area contributed by atoms with Gasteiger partial charge in [0.05, 0.1) is 15.4 Å². The smallest absolute Gasteiger partial charge is 0.335 e. The lowest BCUT2D eigenvalue weighted by atomic mass is 10.1. The van der Waals surface area contributed by atoms with E-state index in [1.165, 1.54) is 12.1 Å². The van der Waals surface area contributed by atoms with Crippen molar-refractivity contribution in [2.75, 3.05) is 0 Å². The third-order valence-corrected chi connectivity index (χ3v) is 5.36. The average molecular weight is 365 g/mol. The molecule has 132 valence electrons.